The zero-order valence-corrected chi connectivity index (χ0v) is 13.3. The fourth-order valence-corrected chi connectivity index (χ4v) is 2.75. The molecule has 0 fully saturated rings. The largest absolute Gasteiger partial charge is 0.298 e. The number of carbonyl (C=O) groups excluding carboxylic acids is 2. The van der Waals surface area contributed by atoms with Crippen molar-refractivity contribution >= 4 is 23.7 Å². The van der Waals surface area contributed by atoms with Crippen LogP contribution in [0, 0.1) is 5.82 Å². The Morgan fingerprint density at radius 2 is 1.58 bits per heavy atom. The molecule has 24 heavy (non-hydrogen) atoms. The average molecular weight is 339 g/mol. The van der Waals surface area contributed by atoms with Gasteiger partial charge in [0.2, 0.25) is 0 Å². The van der Waals surface area contributed by atoms with Gasteiger partial charge in [-0.1, -0.05) is 54.1 Å². The van der Waals surface area contributed by atoms with Gasteiger partial charge in [-0.15, -0.1) is 0 Å². The standard InChI is InChI=1S/C20H12ClFO2/c21-14-9-10-16(15-6-2-1-5-13(15)12-23)18(11-14)20(24)17-7-3-4-8-19(17)22/h1-12H. The molecule has 0 saturated heterocycles. The molecule has 3 rings (SSSR count). The molecule has 0 aromatic heterocycles. The summed E-state index contributed by atoms with van der Waals surface area (Å²) in [4.78, 5) is 24.1. The SMILES string of the molecule is O=Cc1ccccc1-c1ccc(Cl)cc1C(=O)c1ccccc1F. The molecular formula is C20H12ClFO2. The number of halogens is 2. The minimum absolute atomic E-state index is 0.0374. The zero-order chi connectivity index (χ0) is 17.1. The van der Waals surface area contributed by atoms with E-state index in [-0.39, 0.29) is 11.1 Å². The predicted molar refractivity (Wildman–Crippen MR) is 92.1 cm³/mol. The highest BCUT2D eigenvalue weighted by Crippen LogP contribution is 2.30. The Morgan fingerprint density at radius 1 is 0.875 bits per heavy atom. The first kappa shape index (κ1) is 16.1. The van der Waals surface area contributed by atoms with E-state index < -0.39 is 11.6 Å². The molecule has 0 radical (unpaired) electrons. The van der Waals surface area contributed by atoms with E-state index in [2.05, 4.69) is 0 Å². The van der Waals surface area contributed by atoms with Crippen LogP contribution in [0.2, 0.25) is 5.02 Å². The van der Waals surface area contributed by atoms with Gasteiger partial charge in [-0.3, -0.25) is 9.59 Å². The maximum Gasteiger partial charge on any atom is 0.196 e. The number of ketones is 1. The molecule has 0 saturated carbocycles. The van der Waals surface area contributed by atoms with Crippen molar-refractivity contribution in [1.29, 1.82) is 0 Å². The molecule has 3 aromatic carbocycles. The van der Waals surface area contributed by atoms with Crippen molar-refractivity contribution in [3.63, 3.8) is 0 Å². The van der Waals surface area contributed by atoms with E-state index in [1.165, 1.54) is 24.3 Å². The summed E-state index contributed by atoms with van der Waals surface area (Å²) < 4.78 is 14.0. The minimum Gasteiger partial charge on any atom is -0.298 e. The van der Waals surface area contributed by atoms with Crippen LogP contribution in [0.25, 0.3) is 11.1 Å². The fraction of sp³-hybridized carbons (Fsp3) is 0. The predicted octanol–water partition coefficient (Wildman–Crippen LogP) is 5.19. The molecule has 0 aliphatic heterocycles. The monoisotopic (exact) mass is 338 g/mol. The maximum absolute atomic E-state index is 14.0. The van der Waals surface area contributed by atoms with Crippen LogP contribution < -0.4 is 0 Å². The van der Waals surface area contributed by atoms with Gasteiger partial charge in [-0.05, 0) is 35.4 Å². The molecule has 0 heterocycles. The number of rotatable bonds is 4. The summed E-state index contributed by atoms with van der Waals surface area (Å²) in [6, 6.07) is 17.5. The summed E-state index contributed by atoms with van der Waals surface area (Å²) in [5.74, 6) is -1.08. The minimum atomic E-state index is -0.600. The number of hydrogen-bond donors (Lipinski definition) is 0. The van der Waals surface area contributed by atoms with Gasteiger partial charge in [0.05, 0.1) is 5.56 Å². The molecule has 0 amide bonds. The third-order valence-electron chi connectivity index (χ3n) is 3.72. The summed E-state index contributed by atoms with van der Waals surface area (Å²) >= 11 is 6.03. The second kappa shape index (κ2) is 6.77. The second-order valence-electron chi connectivity index (χ2n) is 5.20. The van der Waals surface area contributed by atoms with Crippen molar-refractivity contribution in [2.75, 3.05) is 0 Å². The number of hydrogen-bond acceptors (Lipinski definition) is 2. The second-order valence-corrected chi connectivity index (χ2v) is 5.64. The van der Waals surface area contributed by atoms with Gasteiger partial charge in [0.1, 0.15) is 5.82 Å². The van der Waals surface area contributed by atoms with Crippen LogP contribution in [-0.2, 0) is 0 Å². The summed E-state index contributed by atoms with van der Waals surface area (Å²) in [5.41, 5.74) is 1.80. The van der Waals surface area contributed by atoms with Crippen molar-refractivity contribution in [2.24, 2.45) is 0 Å². The lowest BCUT2D eigenvalue weighted by molar-refractivity contribution is 0.103. The molecule has 0 atom stereocenters. The van der Waals surface area contributed by atoms with Gasteiger partial charge >= 0.3 is 0 Å². The highest BCUT2D eigenvalue weighted by atomic mass is 35.5. The molecule has 4 heteroatoms. The highest BCUT2D eigenvalue weighted by molar-refractivity contribution is 6.31. The van der Waals surface area contributed by atoms with Crippen LogP contribution in [0.1, 0.15) is 26.3 Å². The van der Waals surface area contributed by atoms with Gasteiger partial charge in [-0.2, -0.15) is 0 Å². The lowest BCUT2D eigenvalue weighted by Crippen LogP contribution is -2.06. The normalized spacial score (nSPS) is 10.4. The topological polar surface area (TPSA) is 34.1 Å². The molecular weight excluding hydrogens is 327 g/mol. The molecule has 0 aliphatic rings. The maximum atomic E-state index is 14.0. The first-order valence-electron chi connectivity index (χ1n) is 7.25. The van der Waals surface area contributed by atoms with Crippen LogP contribution in [-0.4, -0.2) is 12.1 Å². The van der Waals surface area contributed by atoms with Crippen molar-refractivity contribution in [3.8, 4) is 11.1 Å². The highest BCUT2D eigenvalue weighted by Gasteiger charge is 2.19. The van der Waals surface area contributed by atoms with E-state index in [9.17, 15) is 14.0 Å². The van der Waals surface area contributed by atoms with Crippen molar-refractivity contribution in [3.05, 3.63) is 94.3 Å². The van der Waals surface area contributed by atoms with E-state index in [0.717, 1.165) is 6.29 Å². The third kappa shape index (κ3) is 2.99. The lowest BCUT2D eigenvalue weighted by Gasteiger charge is -2.12. The van der Waals surface area contributed by atoms with Gasteiger partial charge in [-0.25, -0.2) is 4.39 Å². The van der Waals surface area contributed by atoms with Crippen LogP contribution in [0.15, 0.2) is 66.7 Å². The molecule has 0 N–H and O–H groups in total. The van der Waals surface area contributed by atoms with Crippen LogP contribution in [0.5, 0.6) is 0 Å². The molecule has 0 unspecified atom stereocenters. The Hall–Kier alpha value is -2.78. The molecule has 0 spiro atoms. The van der Waals surface area contributed by atoms with Crippen molar-refractivity contribution in [1.82, 2.24) is 0 Å². The van der Waals surface area contributed by atoms with E-state index in [1.54, 1.807) is 42.5 Å². The Bertz CT molecular complexity index is 934. The van der Waals surface area contributed by atoms with Crippen molar-refractivity contribution < 1.29 is 14.0 Å². The Balaban J connectivity index is 2.22. The number of benzene rings is 3. The zero-order valence-electron chi connectivity index (χ0n) is 12.5. The van der Waals surface area contributed by atoms with Crippen molar-refractivity contribution in [2.45, 2.75) is 0 Å². The number of aldehydes is 1. The third-order valence-corrected chi connectivity index (χ3v) is 3.96. The van der Waals surface area contributed by atoms with E-state index >= 15 is 0 Å². The first-order valence-corrected chi connectivity index (χ1v) is 7.63. The van der Waals surface area contributed by atoms with Crippen LogP contribution in [0.4, 0.5) is 4.39 Å². The Morgan fingerprint density at radius 3 is 2.33 bits per heavy atom. The average Bonchev–Trinajstić information content (AvgIpc) is 2.61. The summed E-state index contributed by atoms with van der Waals surface area (Å²) in [7, 11) is 0. The Labute approximate surface area is 143 Å². The number of carbonyl (C=O) groups is 2. The smallest absolute Gasteiger partial charge is 0.196 e. The van der Waals surface area contributed by atoms with Gasteiger partial charge in [0.15, 0.2) is 12.1 Å². The van der Waals surface area contributed by atoms with E-state index in [1.807, 2.05) is 0 Å². The summed E-state index contributed by atoms with van der Waals surface area (Å²) in [6.07, 6.45) is 0.724. The van der Waals surface area contributed by atoms with E-state index in [0.29, 0.717) is 21.7 Å². The van der Waals surface area contributed by atoms with Gasteiger partial charge < -0.3 is 0 Å². The lowest BCUT2D eigenvalue weighted by atomic mass is 9.91. The summed E-state index contributed by atoms with van der Waals surface area (Å²) in [6.45, 7) is 0. The van der Waals surface area contributed by atoms with Crippen LogP contribution >= 0.6 is 11.6 Å². The van der Waals surface area contributed by atoms with Crippen LogP contribution in [0.3, 0.4) is 0 Å². The molecule has 0 aliphatic carbocycles. The molecule has 118 valence electrons. The quantitative estimate of drug-likeness (QED) is 0.484. The Kier molecular flexibility index (Phi) is 4.54. The molecule has 3 aromatic rings. The molecule has 0 bridgehead atoms. The molecule has 2 nitrogen and oxygen atoms in total. The van der Waals surface area contributed by atoms with E-state index in [4.69, 9.17) is 11.6 Å². The first-order chi connectivity index (χ1) is 11.6. The fourth-order valence-electron chi connectivity index (χ4n) is 2.57. The van der Waals surface area contributed by atoms with Gasteiger partial charge in [0, 0.05) is 16.1 Å². The van der Waals surface area contributed by atoms with Gasteiger partial charge in [0.25, 0.3) is 0 Å². The summed E-state index contributed by atoms with van der Waals surface area (Å²) in [5, 5.41) is 0.363.